The highest BCUT2D eigenvalue weighted by Crippen LogP contribution is 2.49. The summed E-state index contributed by atoms with van der Waals surface area (Å²) in [5, 5.41) is 9.14. The first-order valence-corrected chi connectivity index (χ1v) is 5.65. The van der Waals surface area contributed by atoms with E-state index in [2.05, 4.69) is 32.0 Å². The maximum Gasteiger partial charge on any atom is 0.122 e. The third-order valence-corrected chi connectivity index (χ3v) is 3.40. The van der Waals surface area contributed by atoms with Crippen LogP contribution in [0.2, 0.25) is 0 Å². The third-order valence-electron chi connectivity index (χ3n) is 3.40. The van der Waals surface area contributed by atoms with E-state index in [9.17, 15) is 0 Å². The second-order valence-corrected chi connectivity index (χ2v) is 4.83. The molecule has 84 valence electrons. The van der Waals surface area contributed by atoms with E-state index < -0.39 is 0 Å². The lowest BCUT2D eigenvalue weighted by molar-refractivity contribution is 0.406. The molecule has 2 heteroatoms. The molecule has 16 heavy (non-hydrogen) atoms. The van der Waals surface area contributed by atoms with Crippen molar-refractivity contribution >= 4 is 0 Å². The van der Waals surface area contributed by atoms with Crippen molar-refractivity contribution in [3.8, 4) is 11.8 Å². The largest absolute Gasteiger partial charge is 0.496 e. The van der Waals surface area contributed by atoms with Crippen LogP contribution in [-0.2, 0) is 6.42 Å². The highest BCUT2D eigenvalue weighted by molar-refractivity contribution is 5.44. The Bertz CT molecular complexity index is 453. The van der Waals surface area contributed by atoms with Crippen LogP contribution >= 0.6 is 0 Å². The lowest BCUT2D eigenvalue weighted by Crippen LogP contribution is -2.05. The molecule has 0 aliphatic heterocycles. The van der Waals surface area contributed by atoms with Crippen LogP contribution in [0, 0.1) is 30.6 Å². The molecule has 0 aromatic heterocycles. The topological polar surface area (TPSA) is 33.0 Å². The van der Waals surface area contributed by atoms with Gasteiger partial charge in [0.25, 0.3) is 0 Å². The zero-order valence-electron chi connectivity index (χ0n) is 10.1. The molecule has 1 aromatic rings. The predicted molar refractivity (Wildman–Crippen MR) is 63.5 cm³/mol. The number of hydrogen-bond acceptors (Lipinski definition) is 2. The molecule has 0 spiro atoms. The summed E-state index contributed by atoms with van der Waals surface area (Å²) in [6.45, 7) is 4.16. The third kappa shape index (κ3) is 1.90. The van der Waals surface area contributed by atoms with E-state index in [1.807, 2.05) is 0 Å². The van der Waals surface area contributed by atoms with Gasteiger partial charge in [-0.25, -0.2) is 0 Å². The minimum Gasteiger partial charge on any atom is -0.496 e. The van der Waals surface area contributed by atoms with E-state index in [4.69, 9.17) is 10.00 Å². The molecule has 0 bridgehead atoms. The molecule has 2 rings (SSSR count). The maximum absolute atomic E-state index is 9.14. The van der Waals surface area contributed by atoms with E-state index >= 15 is 0 Å². The summed E-state index contributed by atoms with van der Waals surface area (Å²) in [5.74, 6) is 0.930. The van der Waals surface area contributed by atoms with Crippen molar-refractivity contribution in [3.05, 3.63) is 28.8 Å². The Hall–Kier alpha value is -1.49. The molecule has 2 nitrogen and oxygen atoms in total. The van der Waals surface area contributed by atoms with Crippen molar-refractivity contribution in [2.45, 2.75) is 33.1 Å². The van der Waals surface area contributed by atoms with Gasteiger partial charge in [-0.2, -0.15) is 5.26 Å². The quantitative estimate of drug-likeness (QED) is 0.776. The van der Waals surface area contributed by atoms with Crippen molar-refractivity contribution in [3.63, 3.8) is 0 Å². The summed E-state index contributed by atoms with van der Waals surface area (Å²) in [7, 11) is 1.70. The Morgan fingerprint density at radius 3 is 2.56 bits per heavy atom. The van der Waals surface area contributed by atoms with Gasteiger partial charge in [-0.05, 0) is 55.9 Å². The van der Waals surface area contributed by atoms with Crippen LogP contribution in [0.4, 0.5) is 0 Å². The molecule has 0 atom stereocenters. The SMILES string of the molecule is COc1cc(C)cc(C)c1CC1(C#N)CC1. The molecule has 1 aliphatic rings. The molecule has 1 fully saturated rings. The predicted octanol–water partition coefficient (Wildman–Crippen LogP) is 3.16. The second kappa shape index (κ2) is 3.83. The van der Waals surface area contributed by atoms with E-state index in [1.54, 1.807) is 7.11 Å². The minimum absolute atomic E-state index is 0.104. The van der Waals surface area contributed by atoms with Gasteiger partial charge in [0.05, 0.1) is 18.6 Å². The number of ether oxygens (including phenoxy) is 1. The first-order chi connectivity index (χ1) is 7.60. The number of aryl methyl sites for hydroxylation is 2. The highest BCUT2D eigenvalue weighted by atomic mass is 16.5. The van der Waals surface area contributed by atoms with Gasteiger partial charge in [0.1, 0.15) is 5.75 Å². The second-order valence-electron chi connectivity index (χ2n) is 4.83. The van der Waals surface area contributed by atoms with Crippen LogP contribution in [0.5, 0.6) is 5.75 Å². The van der Waals surface area contributed by atoms with E-state index in [0.717, 1.165) is 25.0 Å². The van der Waals surface area contributed by atoms with Crippen molar-refractivity contribution in [2.24, 2.45) is 5.41 Å². The Kier molecular flexibility index (Phi) is 2.63. The zero-order valence-corrected chi connectivity index (χ0v) is 10.1. The van der Waals surface area contributed by atoms with Crippen molar-refractivity contribution in [2.75, 3.05) is 7.11 Å². The molecular formula is C14H17NO. The normalized spacial score (nSPS) is 16.6. The number of nitriles is 1. The zero-order chi connectivity index (χ0) is 11.8. The average Bonchev–Trinajstić information content (AvgIpc) is 3.02. The Morgan fingerprint density at radius 2 is 2.06 bits per heavy atom. The number of benzene rings is 1. The molecule has 1 aromatic carbocycles. The molecular weight excluding hydrogens is 198 g/mol. The van der Waals surface area contributed by atoms with Crippen molar-refractivity contribution in [1.29, 1.82) is 5.26 Å². The number of hydrogen-bond donors (Lipinski definition) is 0. The average molecular weight is 215 g/mol. The van der Waals surface area contributed by atoms with E-state index in [1.165, 1.54) is 16.7 Å². The molecule has 0 N–H and O–H groups in total. The van der Waals surface area contributed by atoms with Gasteiger partial charge in [0.15, 0.2) is 0 Å². The fourth-order valence-corrected chi connectivity index (χ4v) is 2.18. The van der Waals surface area contributed by atoms with Crippen LogP contribution in [0.15, 0.2) is 12.1 Å². The van der Waals surface area contributed by atoms with E-state index in [-0.39, 0.29) is 5.41 Å². The minimum atomic E-state index is -0.104. The Labute approximate surface area is 96.9 Å². The van der Waals surface area contributed by atoms with Crippen LogP contribution in [0.3, 0.4) is 0 Å². The Morgan fingerprint density at radius 1 is 1.38 bits per heavy atom. The highest BCUT2D eigenvalue weighted by Gasteiger charge is 2.43. The van der Waals surface area contributed by atoms with Crippen molar-refractivity contribution in [1.82, 2.24) is 0 Å². The summed E-state index contributed by atoms with van der Waals surface area (Å²) in [4.78, 5) is 0. The molecule has 1 saturated carbocycles. The number of rotatable bonds is 3. The first kappa shape index (κ1) is 11.0. The molecule has 0 heterocycles. The smallest absolute Gasteiger partial charge is 0.122 e. The molecule has 1 aliphatic carbocycles. The van der Waals surface area contributed by atoms with Crippen molar-refractivity contribution < 1.29 is 4.74 Å². The van der Waals surface area contributed by atoms with Crippen LogP contribution in [0.25, 0.3) is 0 Å². The monoisotopic (exact) mass is 215 g/mol. The lowest BCUT2D eigenvalue weighted by Gasteiger charge is -2.15. The number of methoxy groups -OCH3 is 1. The fraction of sp³-hybridized carbons (Fsp3) is 0.500. The lowest BCUT2D eigenvalue weighted by atomic mass is 9.93. The summed E-state index contributed by atoms with van der Waals surface area (Å²) >= 11 is 0. The van der Waals surface area contributed by atoms with E-state index in [0.29, 0.717) is 0 Å². The maximum atomic E-state index is 9.14. The Balaban J connectivity index is 2.36. The van der Waals surface area contributed by atoms with Gasteiger partial charge < -0.3 is 4.74 Å². The van der Waals surface area contributed by atoms with Crippen LogP contribution < -0.4 is 4.74 Å². The summed E-state index contributed by atoms with van der Waals surface area (Å²) in [5.41, 5.74) is 3.54. The molecule has 0 saturated heterocycles. The van der Waals surface area contributed by atoms with Gasteiger partial charge in [-0.15, -0.1) is 0 Å². The summed E-state index contributed by atoms with van der Waals surface area (Å²) < 4.78 is 5.42. The van der Waals surface area contributed by atoms with Gasteiger partial charge in [-0.3, -0.25) is 0 Å². The molecule has 0 amide bonds. The van der Waals surface area contributed by atoms with Crippen LogP contribution in [0.1, 0.15) is 29.5 Å². The van der Waals surface area contributed by atoms with Gasteiger partial charge in [-0.1, -0.05) is 6.07 Å². The number of nitrogens with zero attached hydrogens (tertiary/aromatic N) is 1. The standard InChI is InChI=1S/C14H17NO/c1-10-6-11(2)12(13(7-10)16-3)8-14(9-15)4-5-14/h6-7H,4-5,8H2,1-3H3. The molecule has 0 radical (unpaired) electrons. The van der Waals surface area contributed by atoms with Gasteiger partial charge in [0, 0.05) is 0 Å². The molecule has 0 unspecified atom stereocenters. The van der Waals surface area contributed by atoms with Gasteiger partial charge >= 0.3 is 0 Å². The van der Waals surface area contributed by atoms with Crippen LogP contribution in [-0.4, -0.2) is 7.11 Å². The summed E-state index contributed by atoms with van der Waals surface area (Å²) in [6, 6.07) is 6.65. The van der Waals surface area contributed by atoms with Gasteiger partial charge in [0.2, 0.25) is 0 Å². The fourth-order valence-electron chi connectivity index (χ4n) is 2.18. The summed E-state index contributed by atoms with van der Waals surface area (Å²) in [6.07, 6.45) is 2.89. The first-order valence-electron chi connectivity index (χ1n) is 5.65.